The first kappa shape index (κ1) is 53.3. The van der Waals surface area contributed by atoms with Gasteiger partial charge in [0.1, 0.15) is 54.1 Å². The number of hydrogen-bond acceptors (Lipinski definition) is 11. The maximum Gasteiger partial charge on any atom is 0.329 e. The highest BCUT2D eigenvalue weighted by atomic mass is 16.5. The summed E-state index contributed by atoms with van der Waals surface area (Å²) in [7, 11) is 1.43. The van der Waals surface area contributed by atoms with E-state index >= 15 is 0 Å². The van der Waals surface area contributed by atoms with Gasteiger partial charge in [-0.2, -0.15) is 0 Å². The number of nitrogens with one attached hydrogen (secondary N) is 5. The molecular formula is C46H70N8O11. The molecule has 10 atom stereocenters. The van der Waals surface area contributed by atoms with Gasteiger partial charge in [0.2, 0.25) is 47.3 Å². The number of hydrogen-bond donors (Lipinski definition) is 7. The van der Waals surface area contributed by atoms with E-state index in [0.29, 0.717) is 18.4 Å². The Morgan fingerprint density at radius 1 is 0.862 bits per heavy atom. The van der Waals surface area contributed by atoms with Crippen molar-refractivity contribution < 1.29 is 53.0 Å². The first-order valence-electron chi connectivity index (χ1n) is 22.5. The maximum atomic E-state index is 14.8. The number of esters is 1. The molecule has 2 aliphatic rings. The Kier molecular flexibility index (Phi) is 20.0. The van der Waals surface area contributed by atoms with Crippen molar-refractivity contribution in [1.29, 1.82) is 0 Å². The summed E-state index contributed by atoms with van der Waals surface area (Å²) in [6.45, 7) is 15.3. The van der Waals surface area contributed by atoms with Crippen LogP contribution in [-0.2, 0) is 54.3 Å². The Morgan fingerprint density at radius 2 is 1.49 bits per heavy atom. The average Bonchev–Trinajstić information content (AvgIpc) is 3.25. The van der Waals surface area contributed by atoms with Crippen LogP contribution in [0.15, 0.2) is 36.5 Å². The molecule has 360 valence electrons. The van der Waals surface area contributed by atoms with E-state index in [4.69, 9.17) is 10.5 Å². The minimum Gasteiger partial charge on any atom is -0.508 e. The van der Waals surface area contributed by atoms with E-state index in [-0.39, 0.29) is 43.8 Å². The van der Waals surface area contributed by atoms with Gasteiger partial charge in [0.25, 0.3) is 0 Å². The highest BCUT2D eigenvalue weighted by Gasteiger charge is 2.44. The Bertz CT molecular complexity index is 1920. The second-order valence-electron chi connectivity index (χ2n) is 18.0. The Morgan fingerprint density at radius 3 is 2.06 bits per heavy atom. The van der Waals surface area contributed by atoms with E-state index in [0.717, 1.165) is 0 Å². The van der Waals surface area contributed by atoms with Gasteiger partial charge < -0.3 is 52.0 Å². The number of nitrogens with two attached hydrogens (primary N) is 1. The SMILES string of the molecule is CCC(C)C1C(=O)N(C)C(Cc2ccc(O)cc2)C(=O)N[C@@H](C(C)CC)C(=O)O[C@H](C)[C@H](NC(=O)[C@H](CCC(N)=O)NC(=O)C(C)C)C(=O)N[C@@H](CC(C)C)C(=O)N[C@H]2CC=CN1C2=O. The summed E-state index contributed by atoms with van der Waals surface area (Å²) in [5.41, 5.74) is 5.94. The molecule has 19 nitrogen and oxygen atoms in total. The van der Waals surface area contributed by atoms with Crippen LogP contribution in [0.3, 0.4) is 0 Å². The normalized spacial score (nSPS) is 25.3. The Balaban J connectivity index is 2.25. The standard InChI is InChI=1S/C46H70N8O11/c1-11-26(7)36-46(64)65-28(9)37(52-40(58)31(19-20-35(47)56)48-39(57)25(5)6)43(61)50-33(22-24(3)4)41(59)49-32-14-13-21-54(44(32)62)38(27(8)12-2)45(63)53(10)34(42(60)51-36)23-29-15-17-30(55)18-16-29/h13,15-18,21,24-28,31-34,36-38,55H,11-12,14,19-20,22-23H2,1-10H3,(H2,47,56)(H,48,57)(H,49,59)(H,50,61)(H,51,60)(H,52,58)/t26?,27?,28-,31+,32+,33+,34?,36+,37+,38?/m1/s1. The fourth-order valence-electron chi connectivity index (χ4n) is 7.52. The summed E-state index contributed by atoms with van der Waals surface area (Å²) in [6, 6.07) is -3.23. The molecule has 1 fully saturated rings. The van der Waals surface area contributed by atoms with E-state index in [1.165, 1.54) is 42.1 Å². The molecule has 1 aromatic rings. The largest absolute Gasteiger partial charge is 0.508 e. The van der Waals surface area contributed by atoms with Crippen LogP contribution < -0.4 is 32.3 Å². The van der Waals surface area contributed by atoms with Crippen LogP contribution >= 0.6 is 0 Å². The fraction of sp³-hybridized carbons (Fsp3) is 0.630. The molecule has 0 aliphatic carbocycles. The zero-order valence-corrected chi connectivity index (χ0v) is 39.3. The predicted octanol–water partition coefficient (Wildman–Crippen LogP) is 1.31. The molecule has 3 rings (SSSR count). The molecule has 65 heavy (non-hydrogen) atoms. The number of benzene rings is 1. The van der Waals surface area contributed by atoms with Crippen LogP contribution in [-0.4, -0.2) is 124 Å². The predicted molar refractivity (Wildman–Crippen MR) is 240 cm³/mol. The lowest BCUT2D eigenvalue weighted by atomic mass is 9.93. The third-order valence-corrected chi connectivity index (χ3v) is 12.0. The molecule has 0 saturated carbocycles. The second-order valence-corrected chi connectivity index (χ2v) is 18.0. The van der Waals surface area contributed by atoms with Gasteiger partial charge in [0.05, 0.1) is 0 Å². The molecule has 4 unspecified atom stereocenters. The topological polar surface area (TPSA) is 276 Å². The van der Waals surface area contributed by atoms with Crippen molar-refractivity contribution in [1.82, 2.24) is 36.4 Å². The van der Waals surface area contributed by atoms with E-state index in [2.05, 4.69) is 26.6 Å². The van der Waals surface area contributed by atoms with Gasteiger partial charge in [-0.1, -0.05) is 86.4 Å². The van der Waals surface area contributed by atoms with Gasteiger partial charge in [-0.15, -0.1) is 0 Å². The number of rotatable bonds is 15. The summed E-state index contributed by atoms with van der Waals surface area (Å²) >= 11 is 0. The third-order valence-electron chi connectivity index (χ3n) is 12.0. The summed E-state index contributed by atoms with van der Waals surface area (Å²) in [5, 5.41) is 23.3. The number of primary amides is 1. The quantitative estimate of drug-likeness (QED) is 0.123. The Hall–Kier alpha value is -6.01. The van der Waals surface area contributed by atoms with Gasteiger partial charge in [0.15, 0.2) is 0 Å². The molecule has 2 aliphatic heterocycles. The number of ether oxygens (including phenoxy) is 1. The molecular weight excluding hydrogens is 841 g/mol. The van der Waals surface area contributed by atoms with Gasteiger partial charge >= 0.3 is 5.97 Å². The molecule has 2 bridgehead atoms. The summed E-state index contributed by atoms with van der Waals surface area (Å²) in [5.74, 6) is -8.59. The monoisotopic (exact) mass is 911 g/mol. The van der Waals surface area contributed by atoms with Crippen LogP contribution in [0.25, 0.3) is 0 Å². The van der Waals surface area contributed by atoms with Gasteiger partial charge in [0, 0.05) is 32.0 Å². The van der Waals surface area contributed by atoms with Crippen molar-refractivity contribution in [3.05, 3.63) is 42.1 Å². The Labute approximate surface area is 381 Å². The van der Waals surface area contributed by atoms with Crippen molar-refractivity contribution >= 4 is 53.2 Å². The molecule has 1 aromatic carbocycles. The van der Waals surface area contributed by atoms with Gasteiger partial charge in [-0.25, -0.2) is 4.79 Å². The van der Waals surface area contributed by atoms with Crippen molar-refractivity contribution in [2.75, 3.05) is 7.05 Å². The zero-order valence-electron chi connectivity index (χ0n) is 39.3. The maximum absolute atomic E-state index is 14.8. The number of nitrogens with zero attached hydrogens (tertiary/aromatic N) is 2. The average molecular weight is 911 g/mol. The lowest BCUT2D eigenvalue weighted by Gasteiger charge is -2.40. The molecule has 0 radical (unpaired) electrons. The number of carbonyl (C=O) groups excluding carboxylic acids is 9. The summed E-state index contributed by atoms with van der Waals surface area (Å²) < 4.78 is 5.91. The first-order chi connectivity index (χ1) is 30.5. The highest BCUT2D eigenvalue weighted by molar-refractivity contribution is 5.99. The smallest absolute Gasteiger partial charge is 0.329 e. The van der Waals surface area contributed by atoms with Crippen molar-refractivity contribution in [3.63, 3.8) is 0 Å². The van der Waals surface area contributed by atoms with Crippen LogP contribution in [0.2, 0.25) is 0 Å². The van der Waals surface area contributed by atoms with E-state index in [1.54, 1.807) is 52.8 Å². The minimum absolute atomic E-state index is 0.0223. The molecule has 8 amide bonds. The van der Waals surface area contributed by atoms with Gasteiger partial charge in [-0.05, 0) is 61.6 Å². The van der Waals surface area contributed by atoms with Crippen molar-refractivity contribution in [3.8, 4) is 5.75 Å². The zero-order chi connectivity index (χ0) is 48.9. The molecule has 2 heterocycles. The first-order valence-corrected chi connectivity index (χ1v) is 22.5. The fourth-order valence-corrected chi connectivity index (χ4v) is 7.52. The van der Waals surface area contributed by atoms with Crippen LogP contribution in [0.1, 0.15) is 106 Å². The number of aromatic hydroxyl groups is 1. The number of cyclic esters (lactones) is 1. The number of carbonyl (C=O) groups is 9. The molecule has 1 saturated heterocycles. The van der Waals surface area contributed by atoms with E-state index in [9.17, 15) is 48.3 Å². The molecule has 8 N–H and O–H groups in total. The van der Waals surface area contributed by atoms with E-state index < -0.39 is 119 Å². The van der Waals surface area contributed by atoms with Gasteiger partial charge in [-0.3, -0.25) is 38.4 Å². The lowest BCUT2D eigenvalue weighted by molar-refractivity contribution is -0.158. The molecule has 0 aromatic heterocycles. The van der Waals surface area contributed by atoms with Crippen LogP contribution in [0.4, 0.5) is 0 Å². The number of likely N-dealkylation sites (N-methyl/N-ethyl adjacent to an activating group) is 1. The minimum atomic E-state index is -1.71. The van der Waals surface area contributed by atoms with Crippen molar-refractivity contribution in [2.24, 2.45) is 29.4 Å². The van der Waals surface area contributed by atoms with Crippen molar-refractivity contribution in [2.45, 2.75) is 156 Å². The molecule has 19 heteroatoms. The second kappa shape index (κ2) is 24.3. The van der Waals surface area contributed by atoms with Crippen LogP contribution in [0, 0.1) is 23.7 Å². The summed E-state index contributed by atoms with van der Waals surface area (Å²) in [6.07, 6.45) is 1.98. The van der Waals surface area contributed by atoms with Crippen LogP contribution in [0.5, 0.6) is 5.75 Å². The summed E-state index contributed by atoms with van der Waals surface area (Å²) in [4.78, 5) is 128. The third kappa shape index (κ3) is 14.8. The number of phenols is 1. The molecule has 0 spiro atoms. The highest BCUT2D eigenvalue weighted by Crippen LogP contribution is 2.25. The lowest BCUT2D eigenvalue weighted by Crippen LogP contribution is -2.62. The van der Waals surface area contributed by atoms with E-state index in [1.807, 2.05) is 20.8 Å². The number of fused-ring (bicyclic) bond motifs is 2. The number of amides is 8. The number of phenolic OH excluding ortho intramolecular Hbond substituents is 1.